The van der Waals surface area contributed by atoms with E-state index in [0.29, 0.717) is 11.2 Å². The third-order valence-electron chi connectivity index (χ3n) is 2.88. The lowest BCUT2D eigenvalue weighted by atomic mass is 10.1. The van der Waals surface area contributed by atoms with Crippen LogP contribution in [0.1, 0.15) is 29.4 Å². The first-order chi connectivity index (χ1) is 8.97. The summed E-state index contributed by atoms with van der Waals surface area (Å²) in [5, 5.41) is 24.7. The van der Waals surface area contributed by atoms with E-state index in [-0.39, 0.29) is 23.9 Å². The summed E-state index contributed by atoms with van der Waals surface area (Å²) in [6.07, 6.45) is 2.21. The van der Waals surface area contributed by atoms with Crippen LogP contribution in [0.25, 0.3) is 0 Å². The number of nitrogen functional groups attached to an aromatic ring is 1. The van der Waals surface area contributed by atoms with Gasteiger partial charge in [-0.05, 0) is 19.8 Å². The van der Waals surface area contributed by atoms with Crippen LogP contribution < -0.4 is 16.4 Å². The van der Waals surface area contributed by atoms with Crippen LogP contribution in [-0.2, 0) is 0 Å². The minimum atomic E-state index is -1.07. The van der Waals surface area contributed by atoms with E-state index in [0.717, 1.165) is 12.8 Å². The summed E-state index contributed by atoms with van der Waals surface area (Å²) in [7, 11) is 0. The van der Waals surface area contributed by atoms with Crippen LogP contribution in [0.2, 0.25) is 0 Å². The fraction of sp³-hybridized carbons (Fsp3) is 0.636. The number of carbonyl (C=O) groups excluding carboxylic acids is 1. The van der Waals surface area contributed by atoms with Crippen molar-refractivity contribution < 1.29 is 15.0 Å². The molecule has 7 nitrogen and oxygen atoms in total. The highest BCUT2D eigenvalue weighted by molar-refractivity contribution is 7.18. The molecular formula is C11H18N4O3S. The average Bonchev–Trinajstić information content (AvgIpc) is 3.11. The SMILES string of the molecule is CC(CO)(CO)NC(=O)c1sc(NC2CC2)nc1N. The number of anilines is 2. The monoisotopic (exact) mass is 286 g/mol. The lowest BCUT2D eigenvalue weighted by Gasteiger charge is -2.25. The van der Waals surface area contributed by atoms with E-state index >= 15 is 0 Å². The summed E-state index contributed by atoms with van der Waals surface area (Å²) in [5.74, 6) is -0.284. The Balaban J connectivity index is 2.07. The molecule has 1 aromatic heterocycles. The van der Waals surface area contributed by atoms with Crippen LogP contribution in [0.4, 0.5) is 10.9 Å². The van der Waals surface area contributed by atoms with Crippen LogP contribution >= 0.6 is 11.3 Å². The van der Waals surface area contributed by atoms with Gasteiger partial charge in [-0.3, -0.25) is 4.79 Å². The number of aliphatic hydroxyl groups excluding tert-OH is 2. The van der Waals surface area contributed by atoms with Crippen LogP contribution in [0.3, 0.4) is 0 Å². The average molecular weight is 286 g/mol. The number of thiazole rings is 1. The highest BCUT2D eigenvalue weighted by Gasteiger charge is 2.28. The minimum Gasteiger partial charge on any atom is -0.394 e. The van der Waals surface area contributed by atoms with E-state index in [1.54, 1.807) is 6.92 Å². The molecule has 0 bridgehead atoms. The van der Waals surface area contributed by atoms with Crippen LogP contribution in [-0.4, -0.2) is 45.9 Å². The Morgan fingerprint density at radius 1 is 1.53 bits per heavy atom. The zero-order chi connectivity index (χ0) is 14.0. The van der Waals surface area contributed by atoms with Crippen molar-refractivity contribution in [2.45, 2.75) is 31.3 Å². The maximum Gasteiger partial charge on any atom is 0.265 e. The molecule has 106 valence electrons. The quantitative estimate of drug-likeness (QED) is 0.493. The van der Waals surface area contributed by atoms with Crippen molar-refractivity contribution in [3.05, 3.63) is 4.88 Å². The number of aromatic nitrogens is 1. The van der Waals surface area contributed by atoms with Crippen LogP contribution in [0, 0.1) is 0 Å². The van der Waals surface area contributed by atoms with Crippen molar-refractivity contribution in [1.29, 1.82) is 0 Å². The van der Waals surface area contributed by atoms with E-state index in [1.807, 2.05) is 0 Å². The standard InChI is InChI=1S/C11H18N4O3S/c1-11(4-16,5-17)15-9(18)7-8(12)14-10(19-7)13-6-2-3-6/h6,16-17H,2-5,12H2,1H3,(H,13,14)(H,15,18). The van der Waals surface area contributed by atoms with Crippen molar-refractivity contribution in [3.8, 4) is 0 Å². The molecule has 19 heavy (non-hydrogen) atoms. The predicted molar refractivity (Wildman–Crippen MR) is 73.2 cm³/mol. The second-order valence-electron chi connectivity index (χ2n) is 4.98. The smallest absolute Gasteiger partial charge is 0.265 e. The van der Waals surface area contributed by atoms with Gasteiger partial charge in [-0.1, -0.05) is 11.3 Å². The first-order valence-electron chi connectivity index (χ1n) is 6.04. The Kier molecular flexibility index (Phi) is 3.93. The summed E-state index contributed by atoms with van der Waals surface area (Å²) in [5.41, 5.74) is 4.64. The summed E-state index contributed by atoms with van der Waals surface area (Å²) in [6, 6.07) is 0.432. The van der Waals surface area contributed by atoms with Crippen molar-refractivity contribution in [2.75, 3.05) is 24.3 Å². The van der Waals surface area contributed by atoms with Gasteiger partial charge in [0.05, 0.1) is 18.8 Å². The number of amides is 1. The van der Waals surface area contributed by atoms with E-state index < -0.39 is 11.4 Å². The van der Waals surface area contributed by atoms with E-state index in [2.05, 4.69) is 15.6 Å². The van der Waals surface area contributed by atoms with Gasteiger partial charge in [-0.25, -0.2) is 4.98 Å². The van der Waals surface area contributed by atoms with Crippen molar-refractivity contribution in [2.24, 2.45) is 0 Å². The number of nitrogens with two attached hydrogens (primary N) is 1. The van der Waals surface area contributed by atoms with E-state index in [1.165, 1.54) is 11.3 Å². The fourth-order valence-electron chi connectivity index (χ4n) is 1.42. The zero-order valence-corrected chi connectivity index (χ0v) is 11.5. The van der Waals surface area contributed by atoms with Gasteiger partial charge in [0.1, 0.15) is 10.7 Å². The molecular weight excluding hydrogens is 268 g/mol. The number of hydrogen-bond donors (Lipinski definition) is 5. The number of aliphatic hydroxyl groups is 2. The maximum atomic E-state index is 12.0. The van der Waals surface area contributed by atoms with Gasteiger partial charge >= 0.3 is 0 Å². The van der Waals surface area contributed by atoms with Gasteiger partial charge in [0.15, 0.2) is 5.13 Å². The molecule has 1 aromatic rings. The van der Waals surface area contributed by atoms with Gasteiger partial charge in [0.2, 0.25) is 0 Å². The summed E-state index contributed by atoms with van der Waals surface area (Å²) in [6.45, 7) is 0.827. The zero-order valence-electron chi connectivity index (χ0n) is 10.6. The minimum absolute atomic E-state index is 0.156. The Morgan fingerprint density at radius 3 is 2.68 bits per heavy atom. The summed E-state index contributed by atoms with van der Waals surface area (Å²) < 4.78 is 0. The molecule has 1 saturated carbocycles. The normalized spacial score (nSPS) is 15.3. The lowest BCUT2D eigenvalue weighted by molar-refractivity contribution is 0.0728. The number of nitrogens with one attached hydrogen (secondary N) is 2. The molecule has 0 saturated heterocycles. The lowest BCUT2D eigenvalue weighted by Crippen LogP contribution is -2.51. The molecule has 0 atom stereocenters. The van der Waals surface area contributed by atoms with Gasteiger partial charge in [-0.2, -0.15) is 0 Å². The highest BCUT2D eigenvalue weighted by atomic mass is 32.1. The van der Waals surface area contributed by atoms with Crippen LogP contribution in [0.15, 0.2) is 0 Å². The molecule has 2 rings (SSSR count). The first kappa shape index (κ1) is 14.0. The second-order valence-corrected chi connectivity index (χ2v) is 5.98. The van der Waals surface area contributed by atoms with Gasteiger partial charge in [0.25, 0.3) is 5.91 Å². The summed E-state index contributed by atoms with van der Waals surface area (Å²) in [4.78, 5) is 16.4. The molecule has 1 heterocycles. The van der Waals surface area contributed by atoms with E-state index in [9.17, 15) is 4.79 Å². The molecule has 0 aliphatic heterocycles. The highest BCUT2D eigenvalue weighted by Crippen LogP contribution is 2.30. The van der Waals surface area contributed by atoms with Crippen molar-refractivity contribution >= 4 is 28.2 Å². The number of nitrogens with zero attached hydrogens (tertiary/aromatic N) is 1. The van der Waals surface area contributed by atoms with Gasteiger partial charge < -0.3 is 26.6 Å². The molecule has 0 spiro atoms. The molecule has 1 aliphatic carbocycles. The largest absolute Gasteiger partial charge is 0.394 e. The maximum absolute atomic E-state index is 12.0. The first-order valence-corrected chi connectivity index (χ1v) is 6.86. The van der Waals surface area contributed by atoms with Crippen molar-refractivity contribution in [3.63, 3.8) is 0 Å². The third-order valence-corrected chi connectivity index (χ3v) is 3.88. The van der Waals surface area contributed by atoms with Gasteiger partial charge in [-0.15, -0.1) is 0 Å². The Labute approximate surface area is 114 Å². The summed E-state index contributed by atoms with van der Waals surface area (Å²) >= 11 is 1.18. The molecule has 1 amide bonds. The predicted octanol–water partition coefficient (Wildman–Crippen LogP) is -0.227. The molecule has 0 unspecified atom stereocenters. The van der Waals surface area contributed by atoms with Gasteiger partial charge in [0, 0.05) is 6.04 Å². The topological polar surface area (TPSA) is 120 Å². The number of rotatable bonds is 6. The Morgan fingerprint density at radius 2 is 2.16 bits per heavy atom. The Hall–Kier alpha value is -1.38. The number of carbonyl (C=O) groups is 1. The Bertz CT molecular complexity index is 469. The molecule has 0 radical (unpaired) electrons. The molecule has 0 aromatic carbocycles. The second kappa shape index (κ2) is 5.32. The van der Waals surface area contributed by atoms with Crippen LogP contribution in [0.5, 0.6) is 0 Å². The van der Waals surface area contributed by atoms with Crippen molar-refractivity contribution in [1.82, 2.24) is 10.3 Å². The molecule has 8 heteroatoms. The number of hydrogen-bond acceptors (Lipinski definition) is 7. The third kappa shape index (κ3) is 3.34. The fourth-order valence-corrected chi connectivity index (χ4v) is 2.28. The molecule has 1 fully saturated rings. The van der Waals surface area contributed by atoms with E-state index in [4.69, 9.17) is 15.9 Å². The molecule has 1 aliphatic rings. The molecule has 6 N–H and O–H groups in total.